The first-order valence-corrected chi connectivity index (χ1v) is 6.89. The number of rotatable bonds is 0. The largest absolute Gasteiger partial charge is 0.492 e. The fourth-order valence-electron chi connectivity index (χ4n) is 1.21. The Hall–Kier alpha value is -1.22. The first-order valence-electron chi connectivity index (χ1n) is 4.64. The molecule has 17 heavy (non-hydrogen) atoms. The number of aromatic nitrogens is 1. The van der Waals surface area contributed by atoms with Gasteiger partial charge in [-0.1, -0.05) is 17.7 Å². The highest BCUT2D eigenvalue weighted by Gasteiger charge is 2.08. The van der Waals surface area contributed by atoms with E-state index in [1.54, 1.807) is 6.07 Å². The maximum absolute atomic E-state index is 8.63. The van der Waals surface area contributed by atoms with Crippen molar-refractivity contribution in [3.63, 3.8) is 0 Å². The van der Waals surface area contributed by atoms with Crippen LogP contribution in [0.3, 0.4) is 0 Å². The predicted octanol–water partition coefficient (Wildman–Crippen LogP) is 3.67. The van der Waals surface area contributed by atoms with E-state index >= 15 is 0 Å². The summed E-state index contributed by atoms with van der Waals surface area (Å²) in [6, 6.07) is 8.00. The summed E-state index contributed by atoms with van der Waals surface area (Å²) in [6.45, 7) is 0. The van der Waals surface area contributed by atoms with E-state index in [-0.39, 0.29) is 10.8 Å². The van der Waals surface area contributed by atoms with Crippen molar-refractivity contribution in [3.8, 4) is 11.9 Å². The highest BCUT2D eigenvalue weighted by atomic mass is 35.5. The fraction of sp³-hybridized carbons (Fsp3) is 0.0909. The summed E-state index contributed by atoms with van der Waals surface area (Å²) < 4.78 is 0. The molecule has 0 amide bonds. The summed E-state index contributed by atoms with van der Waals surface area (Å²) in [5, 5.41) is 17.7. The van der Waals surface area contributed by atoms with Gasteiger partial charge in [0.2, 0.25) is 5.88 Å². The molecule has 0 aliphatic carbocycles. The van der Waals surface area contributed by atoms with Gasteiger partial charge in [0.15, 0.2) is 4.88 Å². The second kappa shape index (κ2) is 5.41. The summed E-state index contributed by atoms with van der Waals surface area (Å²) in [6.07, 6.45) is 0. The summed E-state index contributed by atoms with van der Waals surface area (Å²) >= 11 is 8.83. The van der Waals surface area contributed by atoms with Crippen molar-refractivity contribution >= 4 is 34.7 Å². The molecule has 1 aromatic carbocycles. The van der Waals surface area contributed by atoms with Crippen LogP contribution in [0, 0.1) is 11.3 Å². The van der Waals surface area contributed by atoms with E-state index in [0.29, 0.717) is 0 Å². The number of halogens is 1. The molecular formula is C11H7ClN2OS2. The molecule has 0 radical (unpaired) electrons. The lowest BCUT2D eigenvalue weighted by molar-refractivity contribution is 0.456. The van der Waals surface area contributed by atoms with Crippen LogP contribution >= 0.6 is 34.7 Å². The first kappa shape index (κ1) is 12.2. The summed E-state index contributed by atoms with van der Waals surface area (Å²) in [7, 11) is 0. The monoisotopic (exact) mass is 282 g/mol. The topological polar surface area (TPSA) is 56.9 Å². The Kier molecular flexibility index (Phi) is 3.89. The Labute approximate surface area is 112 Å². The molecule has 2 aromatic rings. The fourth-order valence-corrected chi connectivity index (χ4v) is 3.01. The van der Waals surface area contributed by atoms with E-state index in [2.05, 4.69) is 17.1 Å². The molecule has 2 aliphatic rings. The molecule has 0 atom stereocenters. The lowest BCUT2D eigenvalue weighted by Gasteiger charge is -2.11. The third-order valence-corrected chi connectivity index (χ3v) is 4.18. The number of nitrogens with zero attached hydrogens (tertiary/aromatic N) is 2. The minimum atomic E-state index is -0.169. The maximum atomic E-state index is 8.63. The van der Waals surface area contributed by atoms with E-state index in [1.807, 2.05) is 17.8 Å². The lowest BCUT2D eigenvalue weighted by atomic mass is 10.2. The van der Waals surface area contributed by atoms with Crippen LogP contribution in [0.4, 0.5) is 0 Å². The van der Waals surface area contributed by atoms with Gasteiger partial charge in [-0.05, 0) is 17.7 Å². The van der Waals surface area contributed by atoms with Crippen LogP contribution < -0.4 is 0 Å². The number of benzene rings is 1. The molecule has 0 saturated carbocycles. The normalized spacial score (nSPS) is 11.5. The Balaban J connectivity index is 0.000000128. The summed E-state index contributed by atoms with van der Waals surface area (Å²) in [4.78, 5) is 4.99. The van der Waals surface area contributed by atoms with Gasteiger partial charge in [-0.3, -0.25) is 0 Å². The third-order valence-electron chi connectivity index (χ3n) is 2.07. The summed E-state index contributed by atoms with van der Waals surface area (Å²) in [5.74, 6) is 0.888. The zero-order valence-corrected chi connectivity index (χ0v) is 10.9. The zero-order chi connectivity index (χ0) is 12.3. The second-order valence-electron chi connectivity index (χ2n) is 3.16. The van der Waals surface area contributed by atoms with Crippen molar-refractivity contribution in [1.29, 1.82) is 5.26 Å². The zero-order valence-electron chi connectivity index (χ0n) is 8.55. The van der Waals surface area contributed by atoms with Crippen molar-refractivity contribution < 1.29 is 5.11 Å². The molecule has 2 bridgehead atoms. The number of nitriles is 1. The number of hydrogen-bond donors (Lipinski definition) is 1. The third kappa shape index (κ3) is 2.91. The van der Waals surface area contributed by atoms with Gasteiger partial charge in [-0.25, -0.2) is 4.98 Å². The van der Waals surface area contributed by atoms with Crippen LogP contribution in [0.1, 0.15) is 10.4 Å². The Morgan fingerprint density at radius 3 is 2.53 bits per heavy atom. The van der Waals surface area contributed by atoms with Gasteiger partial charge in [0.1, 0.15) is 6.07 Å². The Morgan fingerprint density at radius 1 is 1.47 bits per heavy atom. The van der Waals surface area contributed by atoms with Crippen LogP contribution in [-0.4, -0.2) is 10.1 Å². The molecule has 2 aliphatic heterocycles. The van der Waals surface area contributed by atoms with Gasteiger partial charge in [0.25, 0.3) is 0 Å². The lowest BCUT2D eigenvalue weighted by Crippen LogP contribution is -1.89. The average molecular weight is 283 g/mol. The highest BCUT2D eigenvalue weighted by Crippen LogP contribution is 2.34. The molecule has 4 rings (SSSR count). The number of hydrogen-bond acceptors (Lipinski definition) is 5. The quantitative estimate of drug-likeness (QED) is 0.801. The van der Waals surface area contributed by atoms with Crippen molar-refractivity contribution in [2.45, 2.75) is 10.6 Å². The van der Waals surface area contributed by atoms with Crippen LogP contribution in [0.15, 0.2) is 28.6 Å². The molecule has 0 spiro atoms. The van der Waals surface area contributed by atoms with Gasteiger partial charge >= 0.3 is 0 Å². The van der Waals surface area contributed by atoms with E-state index in [0.717, 1.165) is 22.1 Å². The molecule has 86 valence electrons. The van der Waals surface area contributed by atoms with Crippen LogP contribution in [0.2, 0.25) is 5.02 Å². The highest BCUT2D eigenvalue weighted by molar-refractivity contribution is 7.98. The van der Waals surface area contributed by atoms with E-state index < -0.39 is 0 Å². The van der Waals surface area contributed by atoms with Gasteiger partial charge in [-0.15, -0.1) is 23.1 Å². The molecule has 1 N–H and O–H groups in total. The van der Waals surface area contributed by atoms with Crippen molar-refractivity contribution in [1.82, 2.24) is 4.98 Å². The van der Waals surface area contributed by atoms with Crippen molar-refractivity contribution in [3.05, 3.63) is 39.2 Å². The molecule has 0 fully saturated rings. The van der Waals surface area contributed by atoms with Crippen LogP contribution in [-0.2, 0) is 5.75 Å². The molecule has 3 nitrogen and oxygen atoms in total. The number of thiazole rings is 1. The predicted molar refractivity (Wildman–Crippen MR) is 69.5 cm³/mol. The SMILES string of the molecule is Clc1cc2ccc1CS2.N#Cc1scnc1O. The van der Waals surface area contributed by atoms with Gasteiger partial charge in [0, 0.05) is 15.7 Å². The minimum Gasteiger partial charge on any atom is -0.492 e. The number of thioether (sulfide) groups is 1. The van der Waals surface area contributed by atoms with Gasteiger partial charge < -0.3 is 5.11 Å². The van der Waals surface area contributed by atoms with Gasteiger partial charge in [-0.2, -0.15) is 5.26 Å². The van der Waals surface area contributed by atoms with Gasteiger partial charge in [0.05, 0.1) is 5.51 Å². The molecule has 3 heterocycles. The number of aromatic hydroxyl groups is 1. The number of fused-ring (bicyclic) bond motifs is 3. The summed E-state index contributed by atoms with van der Waals surface area (Å²) in [5.41, 5.74) is 2.69. The molecule has 0 saturated heterocycles. The maximum Gasteiger partial charge on any atom is 0.240 e. The average Bonchev–Trinajstić information content (AvgIpc) is 2.77. The van der Waals surface area contributed by atoms with Crippen molar-refractivity contribution in [2.75, 3.05) is 0 Å². The minimum absolute atomic E-state index is 0.169. The smallest absolute Gasteiger partial charge is 0.240 e. The Bertz CT molecular complexity index is 577. The molecule has 1 aromatic heterocycles. The van der Waals surface area contributed by atoms with Crippen LogP contribution in [0.5, 0.6) is 5.88 Å². The molecule has 0 unspecified atom stereocenters. The van der Waals surface area contributed by atoms with E-state index in [1.165, 1.54) is 16.0 Å². The first-order chi connectivity index (χ1) is 8.20. The van der Waals surface area contributed by atoms with Crippen LogP contribution in [0.25, 0.3) is 0 Å². The second-order valence-corrected chi connectivity index (χ2v) is 5.47. The standard InChI is InChI=1S/C7H5ClS.C4H2N2OS/c8-7-3-6-2-1-5(7)4-9-6;5-1-3-4(7)6-2-8-3/h1-3H,4H2;2,7H. The molecular weight excluding hydrogens is 276 g/mol. The van der Waals surface area contributed by atoms with Crippen molar-refractivity contribution in [2.24, 2.45) is 0 Å². The van der Waals surface area contributed by atoms with E-state index in [9.17, 15) is 0 Å². The van der Waals surface area contributed by atoms with E-state index in [4.69, 9.17) is 22.0 Å². The Morgan fingerprint density at radius 2 is 2.29 bits per heavy atom. The molecule has 6 heteroatoms.